The van der Waals surface area contributed by atoms with Crippen LogP contribution in [0.4, 0.5) is 0 Å². The summed E-state index contributed by atoms with van der Waals surface area (Å²) in [6, 6.07) is 13.3. The van der Waals surface area contributed by atoms with Crippen molar-refractivity contribution in [3.8, 4) is 11.5 Å². The number of hydrogen-bond donors (Lipinski definition) is 0. The number of benzene rings is 1. The average Bonchev–Trinajstić information content (AvgIpc) is 3.32. The molecule has 7 heteroatoms. The molecule has 0 atom stereocenters. The molecule has 5 rings (SSSR count). The summed E-state index contributed by atoms with van der Waals surface area (Å²) in [5.74, 6) is 1.41. The molecule has 0 fully saturated rings. The number of fused-ring (bicyclic) bond motifs is 2. The van der Waals surface area contributed by atoms with E-state index in [0.29, 0.717) is 36.4 Å². The van der Waals surface area contributed by atoms with E-state index in [2.05, 4.69) is 15.1 Å². The van der Waals surface area contributed by atoms with E-state index in [9.17, 15) is 4.79 Å². The Morgan fingerprint density at radius 3 is 2.88 bits per heavy atom. The van der Waals surface area contributed by atoms with Gasteiger partial charge in [-0.15, -0.1) is 0 Å². The van der Waals surface area contributed by atoms with Crippen molar-refractivity contribution in [3.63, 3.8) is 0 Å². The van der Waals surface area contributed by atoms with Crippen LogP contribution in [0.3, 0.4) is 0 Å². The van der Waals surface area contributed by atoms with Gasteiger partial charge in [0.2, 0.25) is 17.3 Å². The maximum atomic E-state index is 12.9. The Labute approximate surface area is 148 Å². The van der Waals surface area contributed by atoms with Gasteiger partial charge in [-0.2, -0.15) is 0 Å². The molecule has 1 aliphatic rings. The van der Waals surface area contributed by atoms with Crippen molar-refractivity contribution in [1.29, 1.82) is 0 Å². The lowest BCUT2D eigenvalue weighted by atomic mass is 10.1. The van der Waals surface area contributed by atoms with Gasteiger partial charge in [-0.25, -0.2) is 9.97 Å². The Balaban J connectivity index is 1.44. The lowest BCUT2D eigenvalue weighted by molar-refractivity contribution is 0.0688. The third kappa shape index (κ3) is 2.36. The Morgan fingerprint density at radius 1 is 1.12 bits per heavy atom. The van der Waals surface area contributed by atoms with Gasteiger partial charge in [-0.3, -0.25) is 4.79 Å². The van der Waals surface area contributed by atoms with Crippen LogP contribution in [-0.2, 0) is 13.0 Å². The minimum absolute atomic E-state index is 0.211. The molecule has 1 amide bonds. The van der Waals surface area contributed by atoms with E-state index in [-0.39, 0.29) is 11.7 Å². The highest BCUT2D eigenvalue weighted by Gasteiger charge is 2.29. The molecule has 0 saturated carbocycles. The van der Waals surface area contributed by atoms with Gasteiger partial charge in [0.05, 0.1) is 11.9 Å². The number of carbonyl (C=O) groups is 1. The van der Waals surface area contributed by atoms with Crippen LogP contribution >= 0.6 is 0 Å². The fraction of sp³-hybridized carbons (Fsp3) is 0.158. The largest absolute Gasteiger partial charge is 0.441 e. The molecule has 0 unspecified atom stereocenters. The number of aromatic nitrogens is 3. The molecule has 0 N–H and O–H groups in total. The highest BCUT2D eigenvalue weighted by molar-refractivity contribution is 6.02. The molecule has 128 valence electrons. The van der Waals surface area contributed by atoms with Gasteiger partial charge in [0.1, 0.15) is 11.5 Å². The predicted molar refractivity (Wildman–Crippen MR) is 92.2 cm³/mol. The second-order valence-electron chi connectivity index (χ2n) is 6.12. The van der Waals surface area contributed by atoms with Crippen molar-refractivity contribution in [1.82, 2.24) is 20.0 Å². The first kappa shape index (κ1) is 14.8. The Morgan fingerprint density at radius 2 is 2.00 bits per heavy atom. The Hall–Kier alpha value is -3.48. The number of hydrogen-bond acceptors (Lipinski definition) is 6. The highest BCUT2D eigenvalue weighted by atomic mass is 16.5. The molecule has 0 spiro atoms. The fourth-order valence-electron chi connectivity index (χ4n) is 3.16. The van der Waals surface area contributed by atoms with Crippen molar-refractivity contribution in [2.75, 3.05) is 6.54 Å². The fourth-order valence-corrected chi connectivity index (χ4v) is 3.16. The molecular formula is C19H14N4O3. The van der Waals surface area contributed by atoms with E-state index in [4.69, 9.17) is 8.94 Å². The van der Waals surface area contributed by atoms with Crippen LogP contribution < -0.4 is 0 Å². The van der Waals surface area contributed by atoms with Crippen molar-refractivity contribution < 1.29 is 13.7 Å². The topological polar surface area (TPSA) is 85.3 Å². The normalized spacial score (nSPS) is 13.8. The van der Waals surface area contributed by atoms with E-state index < -0.39 is 0 Å². The van der Waals surface area contributed by atoms with Crippen molar-refractivity contribution in [3.05, 3.63) is 65.9 Å². The zero-order valence-electron chi connectivity index (χ0n) is 13.8. The maximum Gasteiger partial charge on any atom is 0.293 e. The third-order valence-electron chi connectivity index (χ3n) is 4.48. The Kier molecular flexibility index (Phi) is 3.31. The van der Waals surface area contributed by atoms with Gasteiger partial charge in [0.15, 0.2) is 0 Å². The van der Waals surface area contributed by atoms with E-state index in [1.807, 2.05) is 30.3 Å². The lowest BCUT2D eigenvalue weighted by Crippen LogP contribution is -2.35. The molecular weight excluding hydrogens is 332 g/mol. The zero-order chi connectivity index (χ0) is 17.5. The van der Waals surface area contributed by atoms with E-state index in [0.717, 1.165) is 17.0 Å². The quantitative estimate of drug-likeness (QED) is 0.554. The van der Waals surface area contributed by atoms with E-state index in [1.165, 1.54) is 0 Å². The molecule has 4 aromatic rings. The molecule has 0 radical (unpaired) electrons. The van der Waals surface area contributed by atoms with E-state index >= 15 is 0 Å². The van der Waals surface area contributed by atoms with Crippen LogP contribution in [0.15, 0.2) is 57.6 Å². The van der Waals surface area contributed by atoms with Crippen molar-refractivity contribution >= 4 is 16.9 Å². The summed E-state index contributed by atoms with van der Waals surface area (Å²) in [7, 11) is 0. The highest BCUT2D eigenvalue weighted by Crippen LogP contribution is 2.27. The molecule has 26 heavy (non-hydrogen) atoms. The van der Waals surface area contributed by atoms with E-state index in [1.54, 1.807) is 23.2 Å². The van der Waals surface area contributed by atoms with Crippen LogP contribution in [0.25, 0.3) is 22.5 Å². The summed E-state index contributed by atoms with van der Waals surface area (Å²) >= 11 is 0. The van der Waals surface area contributed by atoms with Crippen LogP contribution in [0.5, 0.6) is 0 Å². The summed E-state index contributed by atoms with van der Waals surface area (Å²) in [5, 5.41) is 4.47. The average molecular weight is 346 g/mol. The molecule has 0 bridgehead atoms. The lowest BCUT2D eigenvalue weighted by Gasteiger charge is -2.24. The van der Waals surface area contributed by atoms with Gasteiger partial charge in [-0.1, -0.05) is 23.4 Å². The number of oxazole rings is 1. The third-order valence-corrected chi connectivity index (χ3v) is 4.48. The monoisotopic (exact) mass is 346 g/mol. The first-order valence-electron chi connectivity index (χ1n) is 8.33. The number of carbonyl (C=O) groups excluding carboxylic acids is 1. The summed E-state index contributed by atoms with van der Waals surface area (Å²) in [6.07, 6.45) is 2.23. The van der Waals surface area contributed by atoms with Gasteiger partial charge in [-0.05, 0) is 24.3 Å². The van der Waals surface area contributed by atoms with Gasteiger partial charge >= 0.3 is 0 Å². The zero-order valence-corrected chi connectivity index (χ0v) is 13.8. The molecule has 0 saturated heterocycles. The minimum atomic E-state index is -0.213. The molecule has 1 aromatic carbocycles. The van der Waals surface area contributed by atoms with Gasteiger partial charge in [0, 0.05) is 24.7 Å². The summed E-state index contributed by atoms with van der Waals surface area (Å²) in [6.45, 7) is 0.921. The van der Waals surface area contributed by atoms with Crippen LogP contribution in [-0.4, -0.2) is 32.5 Å². The molecule has 7 nitrogen and oxygen atoms in total. The first-order chi connectivity index (χ1) is 12.8. The number of nitrogens with zero attached hydrogens (tertiary/aromatic N) is 4. The van der Waals surface area contributed by atoms with Crippen molar-refractivity contribution in [2.45, 2.75) is 13.0 Å². The van der Waals surface area contributed by atoms with Crippen LogP contribution in [0.1, 0.15) is 22.0 Å². The molecule has 3 aromatic heterocycles. The van der Waals surface area contributed by atoms with Gasteiger partial charge in [0.25, 0.3) is 5.91 Å². The molecule has 1 aliphatic heterocycles. The first-order valence-corrected chi connectivity index (χ1v) is 8.33. The smallest absolute Gasteiger partial charge is 0.293 e. The summed E-state index contributed by atoms with van der Waals surface area (Å²) in [4.78, 5) is 23.2. The second-order valence-corrected chi connectivity index (χ2v) is 6.12. The minimum Gasteiger partial charge on any atom is -0.441 e. The number of pyridine rings is 1. The van der Waals surface area contributed by atoms with Crippen molar-refractivity contribution in [2.24, 2.45) is 0 Å². The predicted octanol–water partition coefficient (Wildman–Crippen LogP) is 3.08. The summed E-state index contributed by atoms with van der Waals surface area (Å²) < 4.78 is 11.1. The van der Waals surface area contributed by atoms with Gasteiger partial charge < -0.3 is 13.8 Å². The second kappa shape index (κ2) is 5.80. The maximum absolute atomic E-state index is 12.9. The van der Waals surface area contributed by atoms with Crippen LogP contribution in [0.2, 0.25) is 0 Å². The standard InChI is InChI=1S/C19H14N4O3/c24-19(16-13-7-4-9-20-17(13)22-26-16)23-10-8-15-14(11-23)21-18(25-15)12-5-2-1-3-6-12/h1-7,9H,8,10-11H2. The SMILES string of the molecule is O=C(c1onc2ncccc12)N1CCc2oc(-c3ccccc3)nc2C1. The van der Waals surface area contributed by atoms with Crippen LogP contribution in [0, 0.1) is 0 Å². The molecule has 4 heterocycles. The molecule has 0 aliphatic carbocycles. The summed E-state index contributed by atoms with van der Waals surface area (Å²) in [5.41, 5.74) is 2.14. The number of rotatable bonds is 2. The number of amides is 1. The Bertz CT molecular complexity index is 1100.